The van der Waals surface area contributed by atoms with Gasteiger partial charge in [-0.25, -0.2) is 4.39 Å². The average Bonchev–Trinajstić information content (AvgIpc) is 2.22. The second kappa shape index (κ2) is 6.36. The Kier molecular flexibility index (Phi) is 5.43. The Balaban J connectivity index is 2.64. The first-order chi connectivity index (χ1) is 7.15. The summed E-state index contributed by atoms with van der Waals surface area (Å²) in [6.45, 7) is 2.08. The van der Waals surface area contributed by atoms with Gasteiger partial charge in [0.1, 0.15) is 5.82 Å². The van der Waals surface area contributed by atoms with E-state index in [1.807, 2.05) is 0 Å². The molecule has 4 heteroatoms. The van der Waals surface area contributed by atoms with E-state index in [1.165, 1.54) is 18.2 Å². The van der Waals surface area contributed by atoms with Crippen molar-refractivity contribution in [2.24, 2.45) is 0 Å². The van der Waals surface area contributed by atoms with Gasteiger partial charge in [-0.2, -0.15) is 11.8 Å². The fourth-order valence-corrected chi connectivity index (χ4v) is 2.30. The number of aliphatic hydroxyl groups excluding tert-OH is 1. The van der Waals surface area contributed by atoms with Gasteiger partial charge in [0.15, 0.2) is 0 Å². The third-order valence-corrected chi connectivity index (χ3v) is 3.53. The zero-order chi connectivity index (χ0) is 11.3. The largest absolute Gasteiger partial charge is 0.387 e. The summed E-state index contributed by atoms with van der Waals surface area (Å²) in [6.07, 6.45) is 0.374. The van der Waals surface area contributed by atoms with Crippen molar-refractivity contribution in [2.75, 3.05) is 11.5 Å². The maximum absolute atomic E-state index is 12.9. The smallest absolute Gasteiger partial charge is 0.123 e. The van der Waals surface area contributed by atoms with Gasteiger partial charge < -0.3 is 5.11 Å². The van der Waals surface area contributed by atoms with Crippen molar-refractivity contribution < 1.29 is 9.50 Å². The van der Waals surface area contributed by atoms with Crippen molar-refractivity contribution >= 4 is 23.4 Å². The lowest BCUT2D eigenvalue weighted by molar-refractivity contribution is 0.203. The normalized spacial score (nSPS) is 12.8. The summed E-state index contributed by atoms with van der Waals surface area (Å²) in [5.74, 6) is 1.18. The molecule has 84 valence electrons. The highest BCUT2D eigenvalue weighted by Crippen LogP contribution is 2.26. The van der Waals surface area contributed by atoms with Crippen LogP contribution in [0.1, 0.15) is 25.0 Å². The predicted octanol–water partition coefficient (Wildman–Crippen LogP) is 3.66. The number of aliphatic hydroxyl groups is 1. The van der Waals surface area contributed by atoms with E-state index >= 15 is 0 Å². The summed E-state index contributed by atoms with van der Waals surface area (Å²) in [5, 5.41) is 10.2. The molecule has 0 heterocycles. The molecular formula is C11H14ClFOS. The minimum absolute atomic E-state index is 0.367. The number of benzene rings is 1. The molecule has 1 aromatic rings. The molecule has 1 aromatic carbocycles. The fraction of sp³-hybridized carbons (Fsp3) is 0.455. The SMILES string of the molecule is CCCSCC(O)c1cc(F)ccc1Cl. The second-order valence-corrected chi connectivity index (χ2v) is 4.81. The molecule has 15 heavy (non-hydrogen) atoms. The molecule has 0 aliphatic heterocycles. The van der Waals surface area contributed by atoms with Crippen LogP contribution in [0.25, 0.3) is 0 Å². The van der Waals surface area contributed by atoms with E-state index in [0.717, 1.165) is 12.2 Å². The van der Waals surface area contributed by atoms with Crippen molar-refractivity contribution in [1.82, 2.24) is 0 Å². The molecule has 0 radical (unpaired) electrons. The number of halogens is 2. The van der Waals surface area contributed by atoms with E-state index in [-0.39, 0.29) is 5.82 Å². The number of hydrogen-bond acceptors (Lipinski definition) is 2. The van der Waals surface area contributed by atoms with Gasteiger partial charge in [0, 0.05) is 16.3 Å². The molecule has 0 saturated heterocycles. The molecule has 0 bridgehead atoms. The molecule has 0 aliphatic carbocycles. The first-order valence-corrected chi connectivity index (χ1v) is 6.39. The number of thioether (sulfide) groups is 1. The van der Waals surface area contributed by atoms with Crippen molar-refractivity contribution in [3.05, 3.63) is 34.6 Å². The van der Waals surface area contributed by atoms with Gasteiger partial charge in [-0.15, -0.1) is 0 Å². The first-order valence-electron chi connectivity index (χ1n) is 4.86. The van der Waals surface area contributed by atoms with Crippen LogP contribution >= 0.6 is 23.4 Å². The van der Waals surface area contributed by atoms with Crippen LogP contribution in [-0.4, -0.2) is 16.6 Å². The molecule has 0 aromatic heterocycles. The van der Waals surface area contributed by atoms with Crippen molar-refractivity contribution in [2.45, 2.75) is 19.4 Å². The van der Waals surface area contributed by atoms with E-state index in [2.05, 4.69) is 6.92 Å². The quantitative estimate of drug-likeness (QED) is 0.803. The van der Waals surface area contributed by atoms with Crippen LogP contribution in [0.3, 0.4) is 0 Å². The fourth-order valence-electron chi connectivity index (χ4n) is 1.20. The van der Waals surface area contributed by atoms with E-state index in [4.69, 9.17) is 11.6 Å². The second-order valence-electron chi connectivity index (χ2n) is 3.26. The Hall–Kier alpha value is -0.250. The standard InChI is InChI=1S/C11H14ClFOS/c1-2-5-15-7-11(14)9-6-8(13)3-4-10(9)12/h3-4,6,11,14H,2,5,7H2,1H3. The zero-order valence-electron chi connectivity index (χ0n) is 8.54. The van der Waals surface area contributed by atoms with E-state index in [1.54, 1.807) is 11.8 Å². The van der Waals surface area contributed by atoms with Gasteiger partial charge in [0.2, 0.25) is 0 Å². The Bertz CT molecular complexity index is 319. The Morgan fingerprint density at radius 1 is 1.53 bits per heavy atom. The van der Waals surface area contributed by atoms with E-state index < -0.39 is 6.10 Å². The zero-order valence-corrected chi connectivity index (χ0v) is 10.1. The lowest BCUT2D eigenvalue weighted by Gasteiger charge is -2.12. The van der Waals surface area contributed by atoms with Gasteiger partial charge in [0.05, 0.1) is 6.10 Å². The summed E-state index contributed by atoms with van der Waals surface area (Å²) in [5.41, 5.74) is 0.472. The van der Waals surface area contributed by atoms with Crippen LogP contribution in [0.5, 0.6) is 0 Å². The Labute approximate surface area is 98.6 Å². The van der Waals surface area contributed by atoms with E-state index in [0.29, 0.717) is 16.3 Å². The third-order valence-electron chi connectivity index (χ3n) is 1.94. The molecule has 0 aliphatic rings. The molecule has 0 spiro atoms. The third kappa shape index (κ3) is 4.01. The van der Waals surface area contributed by atoms with Crippen molar-refractivity contribution in [3.8, 4) is 0 Å². The van der Waals surface area contributed by atoms with Crippen LogP contribution in [0.2, 0.25) is 5.02 Å². The topological polar surface area (TPSA) is 20.2 Å². The molecule has 1 rings (SSSR count). The van der Waals surface area contributed by atoms with Crippen LogP contribution < -0.4 is 0 Å². The predicted molar refractivity (Wildman–Crippen MR) is 64.0 cm³/mol. The Morgan fingerprint density at radius 2 is 2.27 bits per heavy atom. The lowest BCUT2D eigenvalue weighted by atomic mass is 10.1. The van der Waals surface area contributed by atoms with Crippen molar-refractivity contribution in [3.63, 3.8) is 0 Å². The molecule has 1 atom stereocenters. The highest BCUT2D eigenvalue weighted by Gasteiger charge is 2.12. The molecular weight excluding hydrogens is 235 g/mol. The highest BCUT2D eigenvalue weighted by molar-refractivity contribution is 7.99. The number of rotatable bonds is 5. The summed E-state index contributed by atoms with van der Waals surface area (Å²) >= 11 is 7.51. The monoisotopic (exact) mass is 248 g/mol. The summed E-state index contributed by atoms with van der Waals surface area (Å²) in [4.78, 5) is 0. The van der Waals surface area contributed by atoms with Gasteiger partial charge >= 0.3 is 0 Å². The summed E-state index contributed by atoms with van der Waals surface area (Å²) in [7, 11) is 0. The minimum Gasteiger partial charge on any atom is -0.387 e. The van der Waals surface area contributed by atoms with Gasteiger partial charge in [-0.3, -0.25) is 0 Å². The van der Waals surface area contributed by atoms with Gasteiger partial charge in [-0.1, -0.05) is 18.5 Å². The molecule has 1 nitrogen and oxygen atoms in total. The number of hydrogen-bond donors (Lipinski definition) is 1. The molecule has 0 amide bonds. The maximum atomic E-state index is 12.9. The van der Waals surface area contributed by atoms with Gasteiger partial charge in [-0.05, 0) is 30.4 Å². The summed E-state index contributed by atoms with van der Waals surface area (Å²) in [6, 6.07) is 4.05. The van der Waals surface area contributed by atoms with Crippen LogP contribution in [0, 0.1) is 5.82 Å². The van der Waals surface area contributed by atoms with Gasteiger partial charge in [0.25, 0.3) is 0 Å². The lowest BCUT2D eigenvalue weighted by Crippen LogP contribution is -2.02. The maximum Gasteiger partial charge on any atom is 0.123 e. The van der Waals surface area contributed by atoms with E-state index in [9.17, 15) is 9.50 Å². The highest BCUT2D eigenvalue weighted by atomic mass is 35.5. The van der Waals surface area contributed by atoms with Crippen LogP contribution in [0.15, 0.2) is 18.2 Å². The summed E-state index contributed by atoms with van der Waals surface area (Å²) < 4.78 is 12.9. The van der Waals surface area contributed by atoms with Crippen molar-refractivity contribution in [1.29, 1.82) is 0 Å². The average molecular weight is 249 g/mol. The Morgan fingerprint density at radius 3 is 2.93 bits per heavy atom. The molecule has 1 N–H and O–H groups in total. The van der Waals surface area contributed by atoms with Crippen LogP contribution in [0.4, 0.5) is 4.39 Å². The molecule has 0 saturated carbocycles. The first kappa shape index (κ1) is 12.8. The molecule has 1 unspecified atom stereocenters. The minimum atomic E-state index is -0.690. The molecule has 0 fully saturated rings. The van der Waals surface area contributed by atoms with Crippen LogP contribution in [-0.2, 0) is 0 Å².